The molecule has 0 fully saturated rings. The van der Waals surface area contributed by atoms with Gasteiger partial charge in [0, 0.05) is 28.2 Å². The Labute approximate surface area is 111 Å². The number of benzene rings is 1. The largest absolute Gasteiger partial charge is 0.419 e. The zero-order valence-electron chi connectivity index (χ0n) is 7.92. The summed E-state index contributed by atoms with van der Waals surface area (Å²) in [5.41, 5.74) is -1.47. The molecule has 0 aliphatic carbocycles. The van der Waals surface area contributed by atoms with Crippen LogP contribution in [0.4, 0.5) is 17.6 Å². The van der Waals surface area contributed by atoms with E-state index in [0.29, 0.717) is 9.90 Å². The molecule has 0 amide bonds. The Morgan fingerprint density at radius 1 is 1.24 bits per heavy atom. The summed E-state index contributed by atoms with van der Waals surface area (Å²) in [6.45, 7) is 0. The fraction of sp³-hybridized carbons (Fsp3) is 0.111. The summed E-state index contributed by atoms with van der Waals surface area (Å²) < 4.78 is 55.3. The Hall–Kier alpha value is -0.770. The molecule has 0 saturated heterocycles. The van der Waals surface area contributed by atoms with Crippen molar-refractivity contribution >= 4 is 34.1 Å². The van der Waals surface area contributed by atoms with E-state index in [1.807, 2.05) is 22.6 Å². The van der Waals surface area contributed by atoms with Gasteiger partial charge in [-0.05, 0) is 23.7 Å². The maximum absolute atomic E-state index is 13.7. The van der Waals surface area contributed by atoms with Gasteiger partial charge in [-0.15, -0.1) is 0 Å². The molecule has 2 nitrogen and oxygen atoms in total. The molecule has 0 atom stereocenters. The van der Waals surface area contributed by atoms with Gasteiger partial charge in [0.25, 0.3) is 0 Å². The van der Waals surface area contributed by atoms with Crippen molar-refractivity contribution in [3.63, 3.8) is 0 Å². The molecule has 0 radical (unpaired) electrons. The van der Waals surface area contributed by atoms with E-state index in [9.17, 15) is 17.6 Å². The molecule has 0 aliphatic heterocycles. The first-order chi connectivity index (χ1) is 7.89. The van der Waals surface area contributed by atoms with E-state index in [-0.39, 0.29) is 10.6 Å². The van der Waals surface area contributed by atoms with Gasteiger partial charge in [-0.2, -0.15) is 17.5 Å². The topological polar surface area (TPSA) is 25.8 Å². The van der Waals surface area contributed by atoms with Crippen molar-refractivity contribution in [2.75, 3.05) is 0 Å². The van der Waals surface area contributed by atoms with E-state index in [1.54, 1.807) is 0 Å². The van der Waals surface area contributed by atoms with Gasteiger partial charge in [0.15, 0.2) is 0 Å². The van der Waals surface area contributed by atoms with Crippen molar-refractivity contribution in [1.82, 2.24) is 9.36 Å². The normalized spacial score (nSPS) is 11.8. The average molecular weight is 374 g/mol. The third-order valence-electron chi connectivity index (χ3n) is 1.94. The molecular formula is C9H3F4IN2S. The number of halogens is 5. The second-order valence-corrected chi connectivity index (χ2v) is 4.75. The van der Waals surface area contributed by atoms with Crippen LogP contribution in [0.2, 0.25) is 0 Å². The Balaban J connectivity index is 2.57. The molecule has 1 aromatic heterocycles. The van der Waals surface area contributed by atoms with E-state index in [0.717, 1.165) is 17.6 Å². The molecule has 90 valence electrons. The predicted molar refractivity (Wildman–Crippen MR) is 63.0 cm³/mol. The van der Waals surface area contributed by atoms with Crippen molar-refractivity contribution in [2.45, 2.75) is 6.18 Å². The lowest BCUT2D eigenvalue weighted by atomic mass is 10.1. The monoisotopic (exact) mass is 374 g/mol. The SMILES string of the molecule is Fc1c(-c2nc(I)ns2)cccc1C(F)(F)F. The van der Waals surface area contributed by atoms with Crippen LogP contribution in [0.3, 0.4) is 0 Å². The maximum Gasteiger partial charge on any atom is 0.419 e. The molecule has 0 unspecified atom stereocenters. The predicted octanol–water partition coefficient (Wildman–Crippen LogP) is 3.97. The molecule has 0 bridgehead atoms. The second-order valence-electron chi connectivity index (χ2n) is 3.03. The van der Waals surface area contributed by atoms with Crippen LogP contribution in [0, 0.1) is 9.65 Å². The van der Waals surface area contributed by atoms with Gasteiger partial charge in [0.05, 0.1) is 5.56 Å². The molecule has 0 spiro atoms. The summed E-state index contributed by atoms with van der Waals surface area (Å²) in [4.78, 5) is 3.85. The number of hydrogen-bond donors (Lipinski definition) is 0. The Morgan fingerprint density at radius 3 is 2.47 bits per heavy atom. The number of alkyl halides is 3. The number of rotatable bonds is 1. The lowest BCUT2D eigenvalue weighted by Gasteiger charge is -2.09. The molecule has 2 aromatic rings. The van der Waals surface area contributed by atoms with Crippen LogP contribution >= 0.6 is 34.1 Å². The van der Waals surface area contributed by atoms with Crippen molar-refractivity contribution in [3.8, 4) is 10.6 Å². The molecule has 0 aliphatic rings. The van der Waals surface area contributed by atoms with Crippen LogP contribution in [0.5, 0.6) is 0 Å². The maximum atomic E-state index is 13.7. The number of aromatic nitrogens is 2. The number of nitrogens with zero attached hydrogens (tertiary/aromatic N) is 2. The average Bonchev–Trinajstić information content (AvgIpc) is 2.63. The van der Waals surface area contributed by atoms with E-state index in [4.69, 9.17) is 0 Å². The summed E-state index contributed by atoms with van der Waals surface area (Å²) in [7, 11) is 0. The zero-order valence-corrected chi connectivity index (χ0v) is 10.9. The minimum absolute atomic E-state index is 0.137. The van der Waals surface area contributed by atoms with Crippen molar-refractivity contribution in [1.29, 1.82) is 0 Å². The highest BCUT2D eigenvalue weighted by molar-refractivity contribution is 14.1. The van der Waals surface area contributed by atoms with Crippen LogP contribution in [0.1, 0.15) is 5.56 Å². The molecule has 8 heteroatoms. The molecule has 17 heavy (non-hydrogen) atoms. The third kappa shape index (κ3) is 2.57. The fourth-order valence-electron chi connectivity index (χ4n) is 1.23. The summed E-state index contributed by atoms with van der Waals surface area (Å²) >= 11 is 2.67. The molecule has 1 heterocycles. The zero-order chi connectivity index (χ0) is 12.6. The van der Waals surface area contributed by atoms with Crippen molar-refractivity contribution < 1.29 is 17.6 Å². The van der Waals surface area contributed by atoms with Crippen molar-refractivity contribution in [2.24, 2.45) is 0 Å². The Bertz CT molecular complexity index is 552. The van der Waals surface area contributed by atoms with Gasteiger partial charge in [0.2, 0.25) is 3.83 Å². The molecule has 0 N–H and O–H groups in total. The van der Waals surface area contributed by atoms with Gasteiger partial charge in [-0.25, -0.2) is 9.37 Å². The van der Waals surface area contributed by atoms with E-state index in [2.05, 4.69) is 9.36 Å². The molecular weight excluding hydrogens is 371 g/mol. The van der Waals surface area contributed by atoms with Gasteiger partial charge in [-0.3, -0.25) is 0 Å². The third-order valence-corrected chi connectivity index (χ3v) is 3.49. The van der Waals surface area contributed by atoms with Gasteiger partial charge >= 0.3 is 6.18 Å². The van der Waals surface area contributed by atoms with E-state index >= 15 is 0 Å². The van der Waals surface area contributed by atoms with Crippen LogP contribution in [-0.2, 0) is 6.18 Å². The highest BCUT2D eigenvalue weighted by atomic mass is 127. The van der Waals surface area contributed by atoms with Crippen LogP contribution in [-0.4, -0.2) is 9.36 Å². The van der Waals surface area contributed by atoms with Gasteiger partial charge in [-0.1, -0.05) is 6.07 Å². The van der Waals surface area contributed by atoms with Crippen LogP contribution in [0.15, 0.2) is 18.2 Å². The Morgan fingerprint density at radius 2 is 1.94 bits per heavy atom. The van der Waals surface area contributed by atoms with Gasteiger partial charge < -0.3 is 0 Å². The van der Waals surface area contributed by atoms with E-state index in [1.165, 1.54) is 6.07 Å². The summed E-state index contributed by atoms with van der Waals surface area (Å²) in [6, 6.07) is 3.10. The number of hydrogen-bond acceptors (Lipinski definition) is 3. The summed E-state index contributed by atoms with van der Waals surface area (Å²) in [5, 5.41) is 0.137. The highest BCUT2D eigenvalue weighted by Gasteiger charge is 2.35. The minimum atomic E-state index is -4.71. The van der Waals surface area contributed by atoms with Crippen LogP contribution < -0.4 is 0 Å². The Kier molecular flexibility index (Phi) is 3.34. The van der Waals surface area contributed by atoms with Gasteiger partial charge in [0.1, 0.15) is 10.8 Å². The lowest BCUT2D eigenvalue weighted by Crippen LogP contribution is -2.08. The highest BCUT2D eigenvalue weighted by Crippen LogP contribution is 2.35. The first kappa shape index (κ1) is 12.7. The van der Waals surface area contributed by atoms with E-state index < -0.39 is 17.6 Å². The van der Waals surface area contributed by atoms with Crippen molar-refractivity contribution in [3.05, 3.63) is 33.4 Å². The molecule has 0 saturated carbocycles. The minimum Gasteiger partial charge on any atom is -0.209 e. The lowest BCUT2D eigenvalue weighted by molar-refractivity contribution is -0.139. The summed E-state index contributed by atoms with van der Waals surface area (Å²) in [6.07, 6.45) is -4.71. The summed E-state index contributed by atoms with van der Waals surface area (Å²) in [5.74, 6) is -1.31. The molecule has 1 aromatic carbocycles. The first-order valence-electron chi connectivity index (χ1n) is 4.25. The standard InChI is InChI=1S/C9H3F4IN2S/c10-6-4(7-15-8(14)16-17-7)2-1-3-5(6)9(11,12)13/h1-3H. The quantitative estimate of drug-likeness (QED) is 0.558. The smallest absolute Gasteiger partial charge is 0.209 e. The first-order valence-corrected chi connectivity index (χ1v) is 6.10. The fourth-order valence-corrected chi connectivity index (χ4v) is 2.52. The van der Waals surface area contributed by atoms with Crippen LogP contribution in [0.25, 0.3) is 10.6 Å². The second kappa shape index (κ2) is 4.48. The molecule has 2 rings (SSSR count).